The number of aliphatic hydroxyl groups is 1. The number of alkyl halides is 1. The number of halogens is 1. The van der Waals surface area contributed by atoms with Crippen LogP contribution in [0.1, 0.15) is 30.6 Å². The van der Waals surface area contributed by atoms with E-state index >= 15 is 0 Å². The first-order valence-corrected chi connectivity index (χ1v) is 4.60. The van der Waals surface area contributed by atoms with Gasteiger partial charge in [0.2, 0.25) is 0 Å². The molecule has 0 aliphatic heterocycles. The number of hydrogen-bond donors (Lipinski definition) is 1. The number of hydrogen-bond acceptors (Lipinski definition) is 1. The second kappa shape index (κ2) is 4.97. The van der Waals surface area contributed by atoms with Crippen molar-refractivity contribution in [2.75, 3.05) is 6.67 Å². The first kappa shape index (κ1) is 10.2. The summed E-state index contributed by atoms with van der Waals surface area (Å²) < 4.78 is 11.9. The Morgan fingerprint density at radius 2 is 1.92 bits per heavy atom. The highest BCUT2D eigenvalue weighted by atomic mass is 19.1. The largest absolute Gasteiger partial charge is 0.388 e. The minimum absolute atomic E-state index is 0.186. The predicted molar refractivity (Wildman–Crippen MR) is 51.4 cm³/mol. The molecule has 0 amide bonds. The van der Waals surface area contributed by atoms with E-state index in [0.717, 1.165) is 12.0 Å². The topological polar surface area (TPSA) is 20.2 Å². The third-order valence-corrected chi connectivity index (χ3v) is 2.16. The first-order valence-electron chi connectivity index (χ1n) is 4.60. The van der Waals surface area contributed by atoms with Crippen molar-refractivity contribution < 1.29 is 9.50 Å². The van der Waals surface area contributed by atoms with E-state index in [1.54, 1.807) is 0 Å². The van der Waals surface area contributed by atoms with Crippen molar-refractivity contribution in [3.63, 3.8) is 0 Å². The Hall–Kier alpha value is -0.890. The average molecular weight is 182 g/mol. The van der Waals surface area contributed by atoms with E-state index in [4.69, 9.17) is 0 Å². The van der Waals surface area contributed by atoms with E-state index in [0.29, 0.717) is 0 Å². The number of benzene rings is 1. The van der Waals surface area contributed by atoms with Crippen molar-refractivity contribution in [1.82, 2.24) is 0 Å². The van der Waals surface area contributed by atoms with Crippen LogP contribution in [0.25, 0.3) is 0 Å². The van der Waals surface area contributed by atoms with E-state index in [1.165, 1.54) is 5.56 Å². The molecule has 1 nitrogen and oxygen atoms in total. The van der Waals surface area contributed by atoms with Crippen LogP contribution in [0.15, 0.2) is 24.3 Å². The van der Waals surface area contributed by atoms with Gasteiger partial charge in [-0.15, -0.1) is 0 Å². The third kappa shape index (κ3) is 2.81. The van der Waals surface area contributed by atoms with Crippen LogP contribution in [0.3, 0.4) is 0 Å². The minimum Gasteiger partial charge on any atom is -0.388 e. The van der Waals surface area contributed by atoms with Gasteiger partial charge < -0.3 is 5.11 Å². The highest BCUT2D eigenvalue weighted by Gasteiger charge is 2.05. The number of aryl methyl sites for hydroxylation is 1. The minimum atomic E-state index is -0.657. The van der Waals surface area contributed by atoms with Crippen molar-refractivity contribution in [3.05, 3.63) is 35.4 Å². The van der Waals surface area contributed by atoms with Crippen LogP contribution >= 0.6 is 0 Å². The molecule has 0 aromatic heterocycles. The lowest BCUT2D eigenvalue weighted by molar-refractivity contribution is 0.156. The molecule has 72 valence electrons. The molecule has 0 aliphatic rings. The Morgan fingerprint density at radius 3 is 2.38 bits per heavy atom. The van der Waals surface area contributed by atoms with Crippen LogP contribution in [0.2, 0.25) is 0 Å². The molecule has 0 saturated carbocycles. The lowest BCUT2D eigenvalue weighted by Crippen LogP contribution is -1.98. The number of aliphatic hydroxyl groups excluding tert-OH is 1. The van der Waals surface area contributed by atoms with Gasteiger partial charge in [0.25, 0.3) is 0 Å². The van der Waals surface area contributed by atoms with Crippen molar-refractivity contribution in [3.8, 4) is 0 Å². The molecule has 1 atom stereocenters. The van der Waals surface area contributed by atoms with Crippen LogP contribution in [0, 0.1) is 0 Å². The molecular weight excluding hydrogens is 167 g/mol. The molecule has 2 heteroatoms. The molecule has 1 N–H and O–H groups in total. The van der Waals surface area contributed by atoms with E-state index in [1.807, 2.05) is 24.3 Å². The van der Waals surface area contributed by atoms with E-state index < -0.39 is 12.8 Å². The van der Waals surface area contributed by atoms with Gasteiger partial charge in [0.1, 0.15) is 0 Å². The molecule has 0 fully saturated rings. The summed E-state index contributed by atoms with van der Waals surface area (Å²) in [6.07, 6.45) is 0.515. The summed E-state index contributed by atoms with van der Waals surface area (Å²) >= 11 is 0. The van der Waals surface area contributed by atoms with Gasteiger partial charge in [0.05, 0.1) is 12.8 Å². The van der Waals surface area contributed by atoms with Gasteiger partial charge in [0, 0.05) is 6.42 Å². The average Bonchev–Trinajstić information content (AvgIpc) is 2.18. The summed E-state index contributed by atoms with van der Waals surface area (Å²) in [7, 11) is 0. The smallest absolute Gasteiger partial charge is 0.0922 e. The highest BCUT2D eigenvalue weighted by molar-refractivity contribution is 5.23. The molecule has 1 aromatic rings. The van der Waals surface area contributed by atoms with Crippen LogP contribution < -0.4 is 0 Å². The van der Waals surface area contributed by atoms with Crippen molar-refractivity contribution in [2.45, 2.75) is 25.9 Å². The first-order chi connectivity index (χ1) is 6.27. The summed E-state index contributed by atoms with van der Waals surface area (Å²) in [6.45, 7) is 1.60. The quantitative estimate of drug-likeness (QED) is 0.759. The molecule has 1 aromatic carbocycles. The summed E-state index contributed by atoms with van der Waals surface area (Å²) in [6, 6.07) is 7.66. The maximum atomic E-state index is 11.9. The van der Waals surface area contributed by atoms with Crippen molar-refractivity contribution in [1.29, 1.82) is 0 Å². The summed E-state index contributed by atoms with van der Waals surface area (Å²) in [5.74, 6) is 0. The summed E-state index contributed by atoms with van der Waals surface area (Å²) in [4.78, 5) is 0. The SMILES string of the molecule is CCc1ccc(C(O)CCF)cc1. The molecule has 13 heavy (non-hydrogen) atoms. The van der Waals surface area contributed by atoms with Gasteiger partial charge in [-0.3, -0.25) is 4.39 Å². The van der Waals surface area contributed by atoms with E-state index in [2.05, 4.69) is 6.92 Å². The van der Waals surface area contributed by atoms with Crippen LogP contribution in [-0.4, -0.2) is 11.8 Å². The van der Waals surface area contributed by atoms with Gasteiger partial charge in [-0.1, -0.05) is 31.2 Å². The molecule has 1 unspecified atom stereocenters. The lowest BCUT2D eigenvalue weighted by atomic mass is 10.0. The van der Waals surface area contributed by atoms with Crippen LogP contribution in [-0.2, 0) is 6.42 Å². The summed E-state index contributed by atoms with van der Waals surface area (Å²) in [5.41, 5.74) is 2.03. The van der Waals surface area contributed by atoms with E-state index in [9.17, 15) is 9.50 Å². The molecular formula is C11H15FO. The fraction of sp³-hybridized carbons (Fsp3) is 0.455. The van der Waals surface area contributed by atoms with E-state index in [-0.39, 0.29) is 6.42 Å². The Labute approximate surface area is 78.2 Å². The molecule has 0 aliphatic carbocycles. The zero-order chi connectivity index (χ0) is 9.68. The molecule has 0 heterocycles. The lowest BCUT2D eigenvalue weighted by Gasteiger charge is -2.08. The zero-order valence-corrected chi connectivity index (χ0v) is 7.83. The third-order valence-electron chi connectivity index (χ3n) is 2.16. The summed E-state index contributed by atoms with van der Waals surface area (Å²) in [5, 5.41) is 9.44. The standard InChI is InChI=1S/C11H15FO/c1-2-9-3-5-10(6-4-9)11(13)7-8-12/h3-6,11,13H,2,7-8H2,1H3. The molecule has 1 rings (SSSR count). The normalized spacial score (nSPS) is 12.8. The molecule has 0 radical (unpaired) electrons. The predicted octanol–water partition coefficient (Wildman–Crippen LogP) is 2.64. The maximum Gasteiger partial charge on any atom is 0.0922 e. The second-order valence-electron chi connectivity index (χ2n) is 3.09. The monoisotopic (exact) mass is 182 g/mol. The Kier molecular flexibility index (Phi) is 3.90. The van der Waals surface area contributed by atoms with Crippen LogP contribution in [0.5, 0.6) is 0 Å². The van der Waals surface area contributed by atoms with Crippen molar-refractivity contribution in [2.24, 2.45) is 0 Å². The van der Waals surface area contributed by atoms with Crippen molar-refractivity contribution >= 4 is 0 Å². The van der Waals surface area contributed by atoms with Gasteiger partial charge in [0.15, 0.2) is 0 Å². The Bertz CT molecular complexity index is 243. The number of rotatable bonds is 4. The van der Waals surface area contributed by atoms with Gasteiger partial charge >= 0.3 is 0 Å². The Morgan fingerprint density at radius 1 is 1.31 bits per heavy atom. The molecule has 0 spiro atoms. The van der Waals surface area contributed by atoms with Gasteiger partial charge in [-0.2, -0.15) is 0 Å². The Balaban J connectivity index is 2.67. The molecule has 0 bridgehead atoms. The fourth-order valence-electron chi connectivity index (χ4n) is 1.25. The van der Waals surface area contributed by atoms with Gasteiger partial charge in [-0.25, -0.2) is 0 Å². The molecule has 0 saturated heterocycles. The zero-order valence-electron chi connectivity index (χ0n) is 7.83. The van der Waals surface area contributed by atoms with Crippen LogP contribution in [0.4, 0.5) is 4.39 Å². The fourth-order valence-corrected chi connectivity index (χ4v) is 1.25. The van der Waals surface area contributed by atoms with Gasteiger partial charge in [-0.05, 0) is 17.5 Å². The second-order valence-corrected chi connectivity index (χ2v) is 3.09. The highest BCUT2D eigenvalue weighted by Crippen LogP contribution is 2.17. The maximum absolute atomic E-state index is 11.9.